The molecule has 1 saturated carbocycles. The minimum absolute atomic E-state index is 0. The van der Waals surface area contributed by atoms with E-state index in [1.54, 1.807) is 16.8 Å². The van der Waals surface area contributed by atoms with Gasteiger partial charge < -0.3 is 15.5 Å². The summed E-state index contributed by atoms with van der Waals surface area (Å²) in [7, 11) is 1.83. The number of likely N-dealkylation sites (tertiary alicyclic amines) is 1. The van der Waals surface area contributed by atoms with Gasteiger partial charge in [0.2, 0.25) is 0 Å². The Morgan fingerprint density at radius 2 is 1.81 bits per heavy atom. The Hall–Kier alpha value is -1.68. The highest BCUT2D eigenvalue weighted by Crippen LogP contribution is 2.26. The Balaban J connectivity index is 0.00000272. The zero-order chi connectivity index (χ0) is 20.8. The molecule has 1 aromatic heterocycles. The molecule has 31 heavy (non-hydrogen) atoms. The van der Waals surface area contributed by atoms with Crippen molar-refractivity contribution in [3.8, 4) is 5.69 Å². The fourth-order valence-electron chi connectivity index (χ4n) is 4.61. The molecule has 0 unspecified atom stereocenters. The molecule has 2 N–H and O–H groups in total. The maximum absolute atomic E-state index is 13.1. The summed E-state index contributed by atoms with van der Waals surface area (Å²) in [6.45, 7) is 3.15. The number of guanidine groups is 1. The van der Waals surface area contributed by atoms with Crippen molar-refractivity contribution in [1.82, 2.24) is 25.3 Å². The van der Waals surface area contributed by atoms with Crippen molar-refractivity contribution in [2.75, 3.05) is 26.7 Å². The van der Waals surface area contributed by atoms with Crippen LogP contribution in [-0.2, 0) is 6.42 Å². The van der Waals surface area contributed by atoms with E-state index in [1.807, 2.05) is 19.3 Å². The molecule has 2 aliphatic rings. The molecule has 0 bridgehead atoms. The van der Waals surface area contributed by atoms with Crippen molar-refractivity contribution in [1.29, 1.82) is 0 Å². The summed E-state index contributed by atoms with van der Waals surface area (Å²) < 4.78 is 14.9. The normalized spacial score (nSPS) is 18.7. The molecule has 2 fully saturated rings. The SMILES string of the molecule is CN=C(NCCc1ccn(-c2ccc(F)cc2)n1)NC1CCN(C2CCCC2)CC1.I. The summed E-state index contributed by atoms with van der Waals surface area (Å²) in [5, 5.41) is 11.6. The molecule has 2 aromatic rings. The number of aromatic nitrogens is 2. The van der Waals surface area contributed by atoms with Crippen LogP contribution >= 0.6 is 24.0 Å². The molecule has 1 saturated heterocycles. The van der Waals surface area contributed by atoms with Gasteiger partial charge in [-0.2, -0.15) is 5.10 Å². The highest BCUT2D eigenvalue weighted by atomic mass is 127. The number of piperidine rings is 1. The average Bonchev–Trinajstić information content (AvgIpc) is 3.47. The molecule has 1 aromatic carbocycles. The molecule has 1 aliphatic carbocycles. The van der Waals surface area contributed by atoms with Crippen molar-refractivity contribution in [3.05, 3.63) is 48.0 Å². The highest BCUT2D eigenvalue weighted by molar-refractivity contribution is 14.0. The first kappa shape index (κ1) is 24.0. The molecule has 1 aliphatic heterocycles. The Bertz CT molecular complexity index is 823. The fraction of sp³-hybridized carbons (Fsp3) is 0.565. The van der Waals surface area contributed by atoms with Crippen molar-refractivity contribution >= 4 is 29.9 Å². The molecule has 0 amide bonds. The first-order chi connectivity index (χ1) is 14.7. The summed E-state index contributed by atoms with van der Waals surface area (Å²) in [5.74, 6) is 0.630. The van der Waals surface area contributed by atoms with E-state index in [0.29, 0.717) is 6.04 Å². The number of benzene rings is 1. The van der Waals surface area contributed by atoms with Crippen molar-refractivity contribution in [2.45, 2.75) is 57.0 Å². The van der Waals surface area contributed by atoms with Gasteiger partial charge >= 0.3 is 0 Å². The summed E-state index contributed by atoms with van der Waals surface area (Å²) in [5.41, 5.74) is 1.85. The fourth-order valence-corrected chi connectivity index (χ4v) is 4.61. The van der Waals surface area contributed by atoms with Crippen LogP contribution in [0.3, 0.4) is 0 Å². The number of hydrogen-bond donors (Lipinski definition) is 2. The Morgan fingerprint density at radius 1 is 1.10 bits per heavy atom. The van der Waals surface area contributed by atoms with Gasteiger partial charge in [-0.05, 0) is 56.0 Å². The summed E-state index contributed by atoms with van der Waals surface area (Å²) in [4.78, 5) is 7.08. The minimum Gasteiger partial charge on any atom is -0.356 e. The second-order valence-electron chi connectivity index (χ2n) is 8.37. The lowest BCUT2D eigenvalue weighted by atomic mass is 10.0. The van der Waals surface area contributed by atoms with Crippen LogP contribution in [0.4, 0.5) is 4.39 Å². The summed E-state index contributed by atoms with van der Waals surface area (Å²) in [6.07, 6.45) is 10.7. The molecule has 8 heteroatoms. The quantitative estimate of drug-likeness (QED) is 0.333. The third kappa shape index (κ3) is 6.65. The zero-order valence-corrected chi connectivity index (χ0v) is 20.6. The molecule has 170 valence electrons. The Morgan fingerprint density at radius 3 is 2.48 bits per heavy atom. The van der Waals surface area contributed by atoms with E-state index >= 15 is 0 Å². The lowest BCUT2D eigenvalue weighted by Gasteiger charge is -2.36. The number of hydrogen-bond acceptors (Lipinski definition) is 3. The van der Waals surface area contributed by atoms with E-state index in [-0.39, 0.29) is 29.8 Å². The van der Waals surface area contributed by atoms with Gasteiger partial charge in [0.05, 0.1) is 11.4 Å². The summed E-state index contributed by atoms with van der Waals surface area (Å²) in [6, 6.07) is 9.69. The van der Waals surface area contributed by atoms with Crippen molar-refractivity contribution in [2.24, 2.45) is 4.99 Å². The van der Waals surface area contributed by atoms with Crippen LogP contribution < -0.4 is 10.6 Å². The van der Waals surface area contributed by atoms with Gasteiger partial charge in [-0.3, -0.25) is 4.99 Å². The highest BCUT2D eigenvalue weighted by Gasteiger charge is 2.27. The van der Waals surface area contributed by atoms with E-state index in [4.69, 9.17) is 0 Å². The maximum Gasteiger partial charge on any atom is 0.191 e. The van der Waals surface area contributed by atoms with Crippen molar-refractivity contribution < 1.29 is 4.39 Å². The molecular formula is C23H34FIN6. The molecule has 2 heterocycles. The lowest BCUT2D eigenvalue weighted by molar-refractivity contribution is 0.150. The number of nitrogens with one attached hydrogen (secondary N) is 2. The van der Waals surface area contributed by atoms with Gasteiger partial charge in [0.1, 0.15) is 5.82 Å². The van der Waals surface area contributed by atoms with Gasteiger partial charge in [0.15, 0.2) is 5.96 Å². The topological polar surface area (TPSA) is 57.5 Å². The van der Waals surface area contributed by atoms with E-state index < -0.39 is 0 Å². The number of aliphatic imine (C=N–C) groups is 1. The smallest absolute Gasteiger partial charge is 0.191 e. The Labute approximate surface area is 201 Å². The van der Waals surface area contributed by atoms with Crippen LogP contribution in [0.15, 0.2) is 41.5 Å². The third-order valence-corrected chi connectivity index (χ3v) is 6.34. The molecule has 0 atom stereocenters. The van der Waals surface area contributed by atoms with Gasteiger partial charge in [0.25, 0.3) is 0 Å². The number of nitrogens with zero attached hydrogens (tertiary/aromatic N) is 4. The average molecular weight is 540 g/mol. The van der Waals surface area contributed by atoms with E-state index in [9.17, 15) is 4.39 Å². The molecular weight excluding hydrogens is 506 g/mol. The number of halogens is 2. The van der Waals surface area contributed by atoms with Gasteiger partial charge in [-0.15, -0.1) is 24.0 Å². The molecule has 0 radical (unpaired) electrons. The van der Waals surface area contributed by atoms with Crippen LogP contribution in [0, 0.1) is 5.82 Å². The van der Waals surface area contributed by atoms with Crippen LogP contribution in [0.2, 0.25) is 0 Å². The van der Waals surface area contributed by atoms with Crippen LogP contribution in [0.25, 0.3) is 5.69 Å². The standard InChI is InChI=1S/C23H33FN6.HI/c1-25-23(27-19-11-15-29(16-12-19)21-4-2-3-5-21)26-14-10-20-13-17-30(28-20)22-8-6-18(24)7-9-22;/h6-9,13,17,19,21H,2-5,10-12,14-16H2,1H3,(H2,25,26,27);1H. The predicted molar refractivity (Wildman–Crippen MR) is 134 cm³/mol. The molecule has 4 rings (SSSR count). The van der Waals surface area contributed by atoms with Crippen molar-refractivity contribution in [3.63, 3.8) is 0 Å². The van der Waals surface area contributed by atoms with E-state index in [2.05, 4.69) is 25.6 Å². The van der Waals surface area contributed by atoms with E-state index in [0.717, 1.165) is 36.3 Å². The van der Waals surface area contributed by atoms with Crippen LogP contribution in [0.5, 0.6) is 0 Å². The third-order valence-electron chi connectivity index (χ3n) is 6.34. The van der Waals surface area contributed by atoms with Crippen LogP contribution in [0.1, 0.15) is 44.2 Å². The largest absolute Gasteiger partial charge is 0.356 e. The molecule has 6 nitrogen and oxygen atoms in total. The maximum atomic E-state index is 13.1. The Kier molecular flexibility index (Phi) is 9.13. The second kappa shape index (κ2) is 11.8. The second-order valence-corrected chi connectivity index (χ2v) is 8.37. The minimum atomic E-state index is -0.238. The van der Waals surface area contributed by atoms with Gasteiger partial charge in [-0.25, -0.2) is 9.07 Å². The zero-order valence-electron chi connectivity index (χ0n) is 18.3. The monoisotopic (exact) mass is 540 g/mol. The van der Waals surface area contributed by atoms with Gasteiger partial charge in [-0.1, -0.05) is 12.8 Å². The first-order valence-electron chi connectivity index (χ1n) is 11.2. The van der Waals surface area contributed by atoms with Crippen LogP contribution in [-0.4, -0.2) is 59.4 Å². The summed E-state index contributed by atoms with van der Waals surface area (Å²) >= 11 is 0. The molecule has 0 spiro atoms. The number of rotatable bonds is 6. The first-order valence-corrected chi connectivity index (χ1v) is 11.2. The lowest BCUT2D eigenvalue weighted by Crippen LogP contribution is -2.50. The predicted octanol–water partition coefficient (Wildman–Crippen LogP) is 3.74. The van der Waals surface area contributed by atoms with Gasteiger partial charge in [0, 0.05) is 51.4 Å². The van der Waals surface area contributed by atoms with E-state index in [1.165, 1.54) is 63.7 Å².